The second-order valence-corrected chi connectivity index (χ2v) is 3.96. The largest absolute Gasteiger partial charge is 0.496 e. The number of benzene rings is 1. The molecule has 1 aromatic carbocycles. The molecular weight excluding hydrogens is 234 g/mol. The number of aliphatic hydroxyl groups excluding tert-OH is 1. The minimum absolute atomic E-state index is 0.193. The number of ether oxygens (including phenoxy) is 2. The van der Waals surface area contributed by atoms with Gasteiger partial charge in [0.05, 0.1) is 19.8 Å². The van der Waals surface area contributed by atoms with E-state index in [2.05, 4.69) is 5.32 Å². The highest BCUT2D eigenvalue weighted by Crippen LogP contribution is 2.29. The molecule has 1 atom stereocenters. The molecular formula is C13H19NO4. The average Bonchev–Trinajstić information content (AvgIpc) is 2.37. The summed E-state index contributed by atoms with van der Waals surface area (Å²) in [6.45, 7) is 2.05. The van der Waals surface area contributed by atoms with Crippen molar-refractivity contribution in [3.8, 4) is 11.5 Å². The van der Waals surface area contributed by atoms with Gasteiger partial charge in [-0.25, -0.2) is 0 Å². The lowest BCUT2D eigenvalue weighted by Crippen LogP contribution is -2.31. The molecule has 0 fully saturated rings. The maximum Gasteiger partial charge on any atom is 0.196 e. The van der Waals surface area contributed by atoms with E-state index in [1.807, 2.05) is 6.92 Å². The van der Waals surface area contributed by atoms with Gasteiger partial charge in [0.2, 0.25) is 0 Å². The van der Waals surface area contributed by atoms with Crippen LogP contribution in [0.2, 0.25) is 0 Å². The van der Waals surface area contributed by atoms with Gasteiger partial charge in [-0.2, -0.15) is 0 Å². The lowest BCUT2D eigenvalue weighted by atomic mass is 10.0. The molecule has 0 aliphatic carbocycles. The Morgan fingerprint density at radius 2 is 1.94 bits per heavy atom. The zero-order valence-corrected chi connectivity index (χ0v) is 11.1. The third-order valence-electron chi connectivity index (χ3n) is 2.68. The van der Waals surface area contributed by atoms with Crippen LogP contribution < -0.4 is 14.8 Å². The van der Waals surface area contributed by atoms with E-state index in [1.54, 1.807) is 19.2 Å². The quantitative estimate of drug-likeness (QED) is 0.733. The lowest BCUT2D eigenvalue weighted by Gasteiger charge is -2.14. The highest BCUT2D eigenvalue weighted by Gasteiger charge is 2.21. The maximum atomic E-state index is 12.1. The molecule has 0 aliphatic heterocycles. The van der Waals surface area contributed by atoms with Gasteiger partial charge in [0.1, 0.15) is 17.6 Å². The smallest absolute Gasteiger partial charge is 0.196 e. The SMILES string of the molecule is CNCC(O)C(=O)c1cc(OC)c(C)cc1OC. The van der Waals surface area contributed by atoms with Crippen LogP contribution in [0.15, 0.2) is 12.1 Å². The van der Waals surface area contributed by atoms with Crippen LogP contribution in [-0.4, -0.2) is 44.8 Å². The Hall–Kier alpha value is -1.59. The highest BCUT2D eigenvalue weighted by molar-refractivity contribution is 6.02. The molecule has 1 unspecified atom stereocenters. The van der Waals surface area contributed by atoms with E-state index in [4.69, 9.17) is 9.47 Å². The fraction of sp³-hybridized carbons (Fsp3) is 0.462. The molecule has 2 N–H and O–H groups in total. The molecule has 0 heterocycles. The summed E-state index contributed by atoms with van der Waals surface area (Å²) in [5.41, 5.74) is 1.19. The van der Waals surface area contributed by atoms with Crippen LogP contribution in [0.25, 0.3) is 0 Å². The zero-order chi connectivity index (χ0) is 13.7. The van der Waals surface area contributed by atoms with Gasteiger partial charge in [0, 0.05) is 6.54 Å². The van der Waals surface area contributed by atoms with E-state index < -0.39 is 6.10 Å². The van der Waals surface area contributed by atoms with Crippen molar-refractivity contribution in [3.05, 3.63) is 23.3 Å². The van der Waals surface area contributed by atoms with Crippen molar-refractivity contribution in [1.82, 2.24) is 5.32 Å². The summed E-state index contributed by atoms with van der Waals surface area (Å²) in [7, 11) is 4.69. The molecule has 5 heteroatoms. The number of Topliss-reactive ketones (excluding diaryl/α,β-unsaturated/α-hetero) is 1. The van der Waals surface area contributed by atoms with Gasteiger partial charge in [0.25, 0.3) is 0 Å². The fourth-order valence-corrected chi connectivity index (χ4v) is 1.71. The summed E-state index contributed by atoms with van der Waals surface area (Å²) in [6, 6.07) is 3.31. The van der Waals surface area contributed by atoms with Gasteiger partial charge < -0.3 is 19.9 Å². The first-order chi connectivity index (χ1) is 8.54. The molecule has 0 bridgehead atoms. The van der Waals surface area contributed by atoms with Crippen LogP contribution in [-0.2, 0) is 0 Å². The topological polar surface area (TPSA) is 67.8 Å². The summed E-state index contributed by atoms with van der Waals surface area (Å²) in [5.74, 6) is 0.642. The summed E-state index contributed by atoms with van der Waals surface area (Å²) in [6.07, 6.45) is -1.10. The fourth-order valence-electron chi connectivity index (χ4n) is 1.71. The number of aryl methyl sites for hydroxylation is 1. The number of carbonyl (C=O) groups is 1. The van der Waals surface area contributed by atoms with Crippen molar-refractivity contribution in [1.29, 1.82) is 0 Å². The maximum absolute atomic E-state index is 12.1. The number of methoxy groups -OCH3 is 2. The minimum atomic E-state index is -1.10. The Kier molecular flexibility index (Phi) is 5.12. The first kappa shape index (κ1) is 14.5. The number of hydrogen-bond donors (Lipinski definition) is 2. The predicted molar refractivity (Wildman–Crippen MR) is 68.5 cm³/mol. The van der Waals surface area contributed by atoms with Gasteiger partial charge in [-0.05, 0) is 31.7 Å². The van der Waals surface area contributed by atoms with Gasteiger partial charge in [0.15, 0.2) is 5.78 Å². The van der Waals surface area contributed by atoms with E-state index in [9.17, 15) is 9.90 Å². The standard InChI is InChI=1S/C13H19NO4/c1-8-5-12(18-4)9(6-11(8)17-3)13(16)10(15)7-14-2/h5-6,10,14-15H,7H2,1-4H3. The zero-order valence-electron chi connectivity index (χ0n) is 11.1. The van der Waals surface area contributed by atoms with Crippen molar-refractivity contribution >= 4 is 5.78 Å². The molecule has 0 radical (unpaired) electrons. The summed E-state index contributed by atoms with van der Waals surface area (Å²) < 4.78 is 10.3. The van der Waals surface area contributed by atoms with Crippen molar-refractivity contribution in [3.63, 3.8) is 0 Å². The number of ketones is 1. The first-order valence-electron chi connectivity index (χ1n) is 5.64. The highest BCUT2D eigenvalue weighted by atomic mass is 16.5. The number of carbonyl (C=O) groups excluding carboxylic acids is 1. The van der Waals surface area contributed by atoms with Crippen LogP contribution in [0.5, 0.6) is 11.5 Å². The summed E-state index contributed by atoms with van der Waals surface area (Å²) in [4.78, 5) is 12.1. The Bertz CT molecular complexity index is 431. The predicted octanol–water partition coefficient (Wildman–Crippen LogP) is 0.775. The van der Waals surface area contributed by atoms with Gasteiger partial charge >= 0.3 is 0 Å². The molecule has 0 saturated carbocycles. The third kappa shape index (κ3) is 3.00. The van der Waals surface area contributed by atoms with Crippen LogP contribution in [0.3, 0.4) is 0 Å². The van der Waals surface area contributed by atoms with E-state index in [0.717, 1.165) is 5.56 Å². The number of rotatable bonds is 6. The number of aliphatic hydroxyl groups is 1. The Labute approximate surface area is 107 Å². The van der Waals surface area contributed by atoms with Crippen molar-refractivity contribution in [2.24, 2.45) is 0 Å². The van der Waals surface area contributed by atoms with Gasteiger partial charge in [-0.3, -0.25) is 4.79 Å². The van der Waals surface area contributed by atoms with E-state index in [0.29, 0.717) is 17.1 Å². The van der Waals surface area contributed by atoms with E-state index >= 15 is 0 Å². The molecule has 18 heavy (non-hydrogen) atoms. The second-order valence-electron chi connectivity index (χ2n) is 3.96. The molecule has 1 rings (SSSR count). The lowest BCUT2D eigenvalue weighted by molar-refractivity contribution is 0.0747. The molecule has 0 saturated heterocycles. The molecule has 1 aromatic rings. The normalized spacial score (nSPS) is 12.1. The molecule has 0 aliphatic rings. The Morgan fingerprint density at radius 1 is 1.33 bits per heavy atom. The van der Waals surface area contributed by atoms with E-state index in [-0.39, 0.29) is 12.3 Å². The molecule has 0 spiro atoms. The molecule has 0 aromatic heterocycles. The van der Waals surface area contributed by atoms with E-state index in [1.165, 1.54) is 14.2 Å². The van der Waals surface area contributed by atoms with Crippen LogP contribution in [0.1, 0.15) is 15.9 Å². The van der Waals surface area contributed by atoms with Crippen LogP contribution in [0.4, 0.5) is 0 Å². The van der Waals surface area contributed by atoms with Crippen molar-refractivity contribution < 1.29 is 19.4 Å². The minimum Gasteiger partial charge on any atom is -0.496 e. The van der Waals surface area contributed by atoms with Gasteiger partial charge in [-0.1, -0.05) is 0 Å². The summed E-state index contributed by atoms with van der Waals surface area (Å²) >= 11 is 0. The summed E-state index contributed by atoms with van der Waals surface area (Å²) in [5, 5.41) is 12.5. The van der Waals surface area contributed by atoms with Crippen molar-refractivity contribution in [2.75, 3.05) is 27.8 Å². The Morgan fingerprint density at radius 3 is 2.44 bits per heavy atom. The van der Waals surface area contributed by atoms with Crippen molar-refractivity contribution in [2.45, 2.75) is 13.0 Å². The van der Waals surface area contributed by atoms with Gasteiger partial charge in [-0.15, -0.1) is 0 Å². The van der Waals surface area contributed by atoms with Crippen LogP contribution >= 0.6 is 0 Å². The average molecular weight is 253 g/mol. The first-order valence-corrected chi connectivity index (χ1v) is 5.64. The second kappa shape index (κ2) is 6.37. The molecule has 100 valence electrons. The van der Waals surface area contributed by atoms with Crippen LogP contribution in [0, 0.1) is 6.92 Å². The molecule has 0 amide bonds. The number of nitrogens with one attached hydrogen (secondary N) is 1. The third-order valence-corrected chi connectivity index (χ3v) is 2.68. The molecule has 5 nitrogen and oxygen atoms in total. The number of hydrogen-bond acceptors (Lipinski definition) is 5. The number of likely N-dealkylation sites (N-methyl/N-ethyl adjacent to an activating group) is 1. The monoisotopic (exact) mass is 253 g/mol. The Balaban J connectivity index is 3.17.